The topological polar surface area (TPSA) is 87.5 Å². The zero-order valence-electron chi connectivity index (χ0n) is 13.6. The van der Waals surface area contributed by atoms with Crippen molar-refractivity contribution in [2.24, 2.45) is 0 Å². The maximum atomic E-state index is 12.2. The van der Waals surface area contributed by atoms with Crippen molar-refractivity contribution in [3.05, 3.63) is 70.3 Å². The summed E-state index contributed by atoms with van der Waals surface area (Å²) in [7, 11) is 3.85. The Morgan fingerprint density at radius 1 is 1.17 bits per heavy atom. The molecule has 1 atom stereocenters. The highest BCUT2D eigenvalue weighted by atomic mass is 16.6. The second-order valence-corrected chi connectivity index (χ2v) is 5.63. The predicted octanol–water partition coefficient (Wildman–Crippen LogP) is 3.02. The second-order valence-electron chi connectivity index (χ2n) is 5.63. The molecule has 2 aromatic carbocycles. The number of non-ortho nitro benzene ring substituents is 1. The summed E-state index contributed by atoms with van der Waals surface area (Å²) >= 11 is 0. The van der Waals surface area contributed by atoms with E-state index in [4.69, 9.17) is 0 Å². The van der Waals surface area contributed by atoms with Crippen molar-refractivity contribution in [3.8, 4) is 0 Å². The van der Waals surface area contributed by atoms with E-state index in [0.717, 1.165) is 5.56 Å². The third kappa shape index (κ3) is 5.06. The van der Waals surface area contributed by atoms with E-state index in [-0.39, 0.29) is 11.7 Å². The van der Waals surface area contributed by atoms with Crippen LogP contribution in [0.2, 0.25) is 0 Å². The fourth-order valence-electron chi connectivity index (χ4n) is 2.31. The smallest absolute Gasteiger partial charge is 0.319 e. The first-order chi connectivity index (χ1) is 11.5. The van der Waals surface area contributed by atoms with E-state index in [0.29, 0.717) is 12.2 Å². The van der Waals surface area contributed by atoms with E-state index in [1.54, 1.807) is 6.07 Å². The zero-order chi connectivity index (χ0) is 17.5. The van der Waals surface area contributed by atoms with Gasteiger partial charge in [0.2, 0.25) is 0 Å². The van der Waals surface area contributed by atoms with E-state index < -0.39 is 11.0 Å². The third-order valence-corrected chi connectivity index (χ3v) is 3.37. The van der Waals surface area contributed by atoms with E-state index in [1.165, 1.54) is 18.2 Å². The summed E-state index contributed by atoms with van der Waals surface area (Å²) in [6.07, 6.45) is 0. The molecule has 0 spiro atoms. The molecule has 0 bridgehead atoms. The van der Waals surface area contributed by atoms with Gasteiger partial charge in [0.25, 0.3) is 5.69 Å². The molecule has 2 aromatic rings. The van der Waals surface area contributed by atoms with Crippen molar-refractivity contribution in [1.29, 1.82) is 0 Å². The molecule has 7 nitrogen and oxygen atoms in total. The van der Waals surface area contributed by atoms with Gasteiger partial charge < -0.3 is 15.5 Å². The van der Waals surface area contributed by atoms with Crippen LogP contribution in [0.25, 0.3) is 0 Å². The normalized spacial score (nSPS) is 11.8. The second kappa shape index (κ2) is 8.07. The standard InChI is InChI=1S/C17H20N4O3/c1-20(2)12-16(13-7-4-3-5-8-13)19-17(22)18-14-9-6-10-15(11-14)21(23)24/h3-11,16H,12H2,1-2H3,(H2,18,19,22). The highest BCUT2D eigenvalue weighted by molar-refractivity contribution is 5.89. The summed E-state index contributed by atoms with van der Waals surface area (Å²) in [5, 5.41) is 16.3. The largest absolute Gasteiger partial charge is 0.330 e. The molecule has 0 saturated carbocycles. The third-order valence-electron chi connectivity index (χ3n) is 3.37. The molecule has 24 heavy (non-hydrogen) atoms. The van der Waals surface area contributed by atoms with Gasteiger partial charge in [0, 0.05) is 24.4 Å². The van der Waals surface area contributed by atoms with Crippen LogP contribution in [0.5, 0.6) is 0 Å². The van der Waals surface area contributed by atoms with Crippen LogP contribution in [0, 0.1) is 10.1 Å². The minimum absolute atomic E-state index is 0.0688. The molecule has 126 valence electrons. The Kier molecular flexibility index (Phi) is 5.86. The van der Waals surface area contributed by atoms with Gasteiger partial charge in [-0.25, -0.2) is 4.79 Å². The summed E-state index contributed by atoms with van der Waals surface area (Å²) < 4.78 is 0. The van der Waals surface area contributed by atoms with Gasteiger partial charge in [0.05, 0.1) is 11.0 Å². The van der Waals surface area contributed by atoms with Crippen LogP contribution >= 0.6 is 0 Å². The zero-order valence-corrected chi connectivity index (χ0v) is 13.6. The Labute approximate surface area is 140 Å². The van der Waals surface area contributed by atoms with E-state index in [1.807, 2.05) is 49.3 Å². The molecule has 0 fully saturated rings. The molecule has 7 heteroatoms. The Morgan fingerprint density at radius 3 is 2.50 bits per heavy atom. The Balaban J connectivity index is 2.07. The van der Waals surface area contributed by atoms with Crippen molar-refractivity contribution in [2.75, 3.05) is 26.0 Å². The van der Waals surface area contributed by atoms with Crippen LogP contribution in [-0.2, 0) is 0 Å². The number of nitrogens with one attached hydrogen (secondary N) is 2. The lowest BCUT2D eigenvalue weighted by molar-refractivity contribution is -0.384. The number of hydrogen-bond donors (Lipinski definition) is 2. The van der Waals surface area contributed by atoms with Crippen molar-refractivity contribution < 1.29 is 9.72 Å². The van der Waals surface area contributed by atoms with E-state index in [2.05, 4.69) is 10.6 Å². The highest BCUT2D eigenvalue weighted by Gasteiger charge is 2.16. The van der Waals surface area contributed by atoms with Crippen molar-refractivity contribution >= 4 is 17.4 Å². The number of rotatable bonds is 6. The average molecular weight is 328 g/mol. The summed E-state index contributed by atoms with van der Waals surface area (Å²) in [6, 6.07) is 14.9. The Hall–Kier alpha value is -2.93. The molecule has 2 N–H and O–H groups in total. The number of carbonyl (C=O) groups is 1. The first-order valence-electron chi connectivity index (χ1n) is 7.47. The summed E-state index contributed by atoms with van der Waals surface area (Å²) in [4.78, 5) is 24.5. The number of anilines is 1. The number of urea groups is 1. The first kappa shape index (κ1) is 17.4. The lowest BCUT2D eigenvalue weighted by Crippen LogP contribution is -2.37. The van der Waals surface area contributed by atoms with Gasteiger partial charge in [-0.05, 0) is 25.7 Å². The molecule has 0 aliphatic heterocycles. The van der Waals surface area contributed by atoms with Crippen LogP contribution in [0.15, 0.2) is 54.6 Å². The van der Waals surface area contributed by atoms with Crippen molar-refractivity contribution in [3.63, 3.8) is 0 Å². The summed E-state index contributed by atoms with van der Waals surface area (Å²) in [5.41, 5.74) is 1.29. The SMILES string of the molecule is CN(C)CC(NC(=O)Nc1cccc([N+](=O)[O-])c1)c1ccccc1. The number of carbonyl (C=O) groups excluding carboxylic acids is 1. The number of likely N-dealkylation sites (N-methyl/N-ethyl adjacent to an activating group) is 1. The number of benzene rings is 2. The van der Waals surface area contributed by atoms with Gasteiger partial charge in [0.15, 0.2) is 0 Å². The van der Waals surface area contributed by atoms with Crippen LogP contribution in [0.4, 0.5) is 16.2 Å². The van der Waals surface area contributed by atoms with Crippen LogP contribution in [-0.4, -0.2) is 36.5 Å². The lowest BCUT2D eigenvalue weighted by atomic mass is 10.1. The average Bonchev–Trinajstić information content (AvgIpc) is 2.55. The molecule has 0 radical (unpaired) electrons. The van der Waals surface area contributed by atoms with Crippen LogP contribution in [0.3, 0.4) is 0 Å². The van der Waals surface area contributed by atoms with Crippen molar-refractivity contribution in [1.82, 2.24) is 10.2 Å². The fourth-order valence-corrected chi connectivity index (χ4v) is 2.31. The molecular weight excluding hydrogens is 308 g/mol. The van der Waals surface area contributed by atoms with Gasteiger partial charge in [-0.1, -0.05) is 36.4 Å². The lowest BCUT2D eigenvalue weighted by Gasteiger charge is -2.23. The highest BCUT2D eigenvalue weighted by Crippen LogP contribution is 2.18. The number of nitro groups is 1. The fraction of sp³-hybridized carbons (Fsp3) is 0.235. The summed E-state index contributed by atoms with van der Waals surface area (Å²) in [5.74, 6) is 0. The molecule has 0 saturated heterocycles. The van der Waals surface area contributed by atoms with Gasteiger partial charge in [-0.15, -0.1) is 0 Å². The molecule has 2 rings (SSSR count). The van der Waals surface area contributed by atoms with Crippen molar-refractivity contribution in [2.45, 2.75) is 6.04 Å². The number of nitrogens with zero attached hydrogens (tertiary/aromatic N) is 2. The Morgan fingerprint density at radius 2 is 1.88 bits per heavy atom. The minimum atomic E-state index is -0.498. The van der Waals surface area contributed by atoms with Crippen LogP contribution in [0.1, 0.15) is 11.6 Å². The maximum absolute atomic E-state index is 12.2. The number of amides is 2. The quantitative estimate of drug-likeness (QED) is 0.630. The molecule has 0 aliphatic carbocycles. The van der Waals surface area contributed by atoms with Gasteiger partial charge in [-0.2, -0.15) is 0 Å². The predicted molar refractivity (Wildman–Crippen MR) is 93.0 cm³/mol. The number of nitro benzene ring substituents is 1. The monoisotopic (exact) mass is 328 g/mol. The Bertz CT molecular complexity index is 704. The molecule has 2 amide bonds. The molecule has 0 aromatic heterocycles. The molecule has 0 heterocycles. The van der Waals surface area contributed by atoms with Gasteiger partial charge in [0.1, 0.15) is 0 Å². The molecule has 0 aliphatic rings. The maximum Gasteiger partial charge on any atom is 0.319 e. The number of hydrogen-bond acceptors (Lipinski definition) is 4. The van der Waals surface area contributed by atoms with E-state index in [9.17, 15) is 14.9 Å². The van der Waals surface area contributed by atoms with Crippen LogP contribution < -0.4 is 10.6 Å². The minimum Gasteiger partial charge on any atom is -0.330 e. The van der Waals surface area contributed by atoms with Gasteiger partial charge >= 0.3 is 6.03 Å². The van der Waals surface area contributed by atoms with Gasteiger partial charge in [-0.3, -0.25) is 10.1 Å². The summed E-state index contributed by atoms with van der Waals surface area (Å²) in [6.45, 7) is 0.631. The first-order valence-corrected chi connectivity index (χ1v) is 7.47. The molecular formula is C17H20N4O3. The molecule has 1 unspecified atom stereocenters. The van der Waals surface area contributed by atoms with E-state index >= 15 is 0 Å².